The van der Waals surface area contributed by atoms with E-state index in [0.29, 0.717) is 20.9 Å². The van der Waals surface area contributed by atoms with Crippen LogP contribution < -0.4 is 9.05 Å². The average Bonchev–Trinajstić information content (AvgIpc) is 2.52. The molecule has 1 heterocycles. The number of nitrogens with zero attached hydrogens (tertiary/aromatic N) is 1. The Morgan fingerprint density at radius 3 is 2.48 bits per heavy atom. The highest BCUT2D eigenvalue weighted by Crippen LogP contribution is 2.46. The van der Waals surface area contributed by atoms with Gasteiger partial charge in [-0.1, -0.05) is 23.2 Å². The second-order valence-corrected chi connectivity index (χ2v) is 6.70. The lowest BCUT2D eigenvalue weighted by Gasteiger charge is -2.15. The van der Waals surface area contributed by atoms with Crippen LogP contribution >= 0.6 is 31.0 Å². The number of hydrogen-bond acceptors (Lipinski definition) is 4. The Kier molecular flexibility index (Phi) is 4.46. The van der Waals surface area contributed by atoms with Crippen LogP contribution in [0.5, 0.6) is 11.5 Å². The monoisotopic (exact) mass is 369 g/mol. The SMILES string of the molecule is O=P(O)(Oc1ccc(Cl)cc1)Oc1ccc(Cl)c2cccnc12. The topological polar surface area (TPSA) is 68.7 Å². The van der Waals surface area contributed by atoms with Gasteiger partial charge in [0.25, 0.3) is 0 Å². The summed E-state index contributed by atoms with van der Waals surface area (Å²) in [6.07, 6.45) is 1.54. The Balaban J connectivity index is 1.90. The van der Waals surface area contributed by atoms with Gasteiger partial charge in [-0.05, 0) is 48.5 Å². The number of rotatable bonds is 4. The molecule has 1 N–H and O–H groups in total. The molecule has 1 aromatic heterocycles. The van der Waals surface area contributed by atoms with Crippen LogP contribution in [0.1, 0.15) is 0 Å². The molecule has 2 aromatic carbocycles. The molecule has 0 fully saturated rings. The summed E-state index contributed by atoms with van der Waals surface area (Å²) in [4.78, 5) is 14.1. The van der Waals surface area contributed by atoms with Gasteiger partial charge in [-0.15, -0.1) is 0 Å². The molecule has 0 aliphatic rings. The van der Waals surface area contributed by atoms with Crippen LogP contribution in [0.25, 0.3) is 10.9 Å². The first kappa shape index (κ1) is 16.1. The number of fused-ring (bicyclic) bond motifs is 1. The fraction of sp³-hybridized carbons (Fsp3) is 0. The minimum atomic E-state index is -4.40. The van der Waals surface area contributed by atoms with Crippen molar-refractivity contribution in [2.45, 2.75) is 0 Å². The number of phosphoric ester groups is 1. The predicted octanol–water partition coefficient (Wildman–Crippen LogP) is 5.10. The molecule has 0 aliphatic heterocycles. The summed E-state index contributed by atoms with van der Waals surface area (Å²) in [7, 11) is -4.40. The minimum absolute atomic E-state index is 0.102. The van der Waals surface area contributed by atoms with Crippen molar-refractivity contribution in [1.29, 1.82) is 0 Å². The van der Waals surface area contributed by atoms with Gasteiger partial charge in [-0.3, -0.25) is 9.88 Å². The standard InChI is InChI=1S/C15H10Cl2NO4P/c16-10-3-5-11(6-4-10)21-23(19,20)22-14-8-7-13(17)12-2-1-9-18-15(12)14/h1-9H,(H,19,20). The predicted molar refractivity (Wildman–Crippen MR) is 89.3 cm³/mol. The van der Waals surface area contributed by atoms with Crippen LogP contribution in [0.4, 0.5) is 0 Å². The highest BCUT2D eigenvalue weighted by atomic mass is 35.5. The van der Waals surface area contributed by atoms with Crippen molar-refractivity contribution in [1.82, 2.24) is 4.98 Å². The maximum absolute atomic E-state index is 12.2. The third-order valence-corrected chi connectivity index (χ3v) is 4.38. The van der Waals surface area contributed by atoms with Gasteiger partial charge in [0.2, 0.25) is 0 Å². The minimum Gasteiger partial charge on any atom is -0.395 e. The van der Waals surface area contributed by atoms with E-state index < -0.39 is 7.82 Å². The van der Waals surface area contributed by atoms with Gasteiger partial charge in [0.15, 0.2) is 5.75 Å². The largest absolute Gasteiger partial charge is 0.584 e. The fourth-order valence-electron chi connectivity index (χ4n) is 1.96. The molecule has 0 aliphatic carbocycles. The van der Waals surface area contributed by atoms with Crippen molar-refractivity contribution in [3.8, 4) is 11.5 Å². The van der Waals surface area contributed by atoms with Crippen molar-refractivity contribution >= 4 is 41.9 Å². The number of pyridine rings is 1. The van der Waals surface area contributed by atoms with E-state index >= 15 is 0 Å². The number of halogens is 2. The zero-order valence-electron chi connectivity index (χ0n) is 11.5. The fourth-order valence-corrected chi connectivity index (χ4v) is 3.12. The summed E-state index contributed by atoms with van der Waals surface area (Å²) < 4.78 is 22.3. The Hall–Kier alpha value is -1.78. The smallest absolute Gasteiger partial charge is 0.395 e. The first-order valence-electron chi connectivity index (χ1n) is 6.45. The van der Waals surface area contributed by atoms with Crippen molar-refractivity contribution in [2.24, 2.45) is 0 Å². The number of phosphoric acid groups is 1. The molecule has 0 saturated carbocycles. The lowest BCUT2D eigenvalue weighted by Crippen LogP contribution is -2.00. The molecule has 1 atom stereocenters. The summed E-state index contributed by atoms with van der Waals surface area (Å²) >= 11 is 11.8. The van der Waals surface area contributed by atoms with Gasteiger partial charge < -0.3 is 9.05 Å². The molecule has 118 valence electrons. The number of benzene rings is 2. The van der Waals surface area contributed by atoms with E-state index in [1.165, 1.54) is 36.5 Å². The molecule has 0 amide bonds. The zero-order valence-corrected chi connectivity index (χ0v) is 13.9. The second-order valence-electron chi connectivity index (χ2n) is 4.55. The summed E-state index contributed by atoms with van der Waals surface area (Å²) in [6, 6.07) is 12.5. The van der Waals surface area contributed by atoms with E-state index in [1.807, 2.05) is 0 Å². The molecule has 3 aromatic rings. The van der Waals surface area contributed by atoms with Crippen LogP contribution in [-0.4, -0.2) is 9.88 Å². The Bertz CT molecular complexity index is 902. The normalized spacial score (nSPS) is 13.5. The van der Waals surface area contributed by atoms with Crippen molar-refractivity contribution in [2.75, 3.05) is 0 Å². The quantitative estimate of drug-likeness (QED) is 0.647. The molecular weight excluding hydrogens is 360 g/mol. The molecule has 23 heavy (non-hydrogen) atoms. The van der Waals surface area contributed by atoms with E-state index in [-0.39, 0.29) is 11.5 Å². The third-order valence-electron chi connectivity index (χ3n) is 2.93. The van der Waals surface area contributed by atoms with E-state index in [4.69, 9.17) is 32.2 Å². The summed E-state index contributed by atoms with van der Waals surface area (Å²) in [5.74, 6) is 0.260. The second kappa shape index (κ2) is 6.38. The first-order valence-corrected chi connectivity index (χ1v) is 8.70. The molecule has 8 heteroatoms. The molecule has 0 saturated heterocycles. The van der Waals surface area contributed by atoms with Gasteiger partial charge in [0, 0.05) is 16.6 Å². The number of aromatic nitrogens is 1. The third kappa shape index (κ3) is 3.77. The van der Waals surface area contributed by atoms with Crippen molar-refractivity contribution in [3.63, 3.8) is 0 Å². The van der Waals surface area contributed by atoms with Crippen molar-refractivity contribution in [3.05, 3.63) is 64.8 Å². The average molecular weight is 370 g/mol. The molecule has 3 rings (SSSR count). The molecule has 0 spiro atoms. The van der Waals surface area contributed by atoms with Crippen LogP contribution in [-0.2, 0) is 4.57 Å². The zero-order chi connectivity index (χ0) is 16.4. The van der Waals surface area contributed by atoms with Crippen LogP contribution in [0.2, 0.25) is 10.0 Å². The Morgan fingerprint density at radius 1 is 1.00 bits per heavy atom. The van der Waals surface area contributed by atoms with Crippen LogP contribution in [0.15, 0.2) is 54.7 Å². The van der Waals surface area contributed by atoms with E-state index in [2.05, 4.69) is 4.98 Å². The molecule has 1 unspecified atom stereocenters. The Morgan fingerprint density at radius 2 is 1.74 bits per heavy atom. The summed E-state index contributed by atoms with van der Waals surface area (Å²) in [5, 5.41) is 1.56. The van der Waals surface area contributed by atoms with Crippen LogP contribution in [0, 0.1) is 0 Å². The lowest BCUT2D eigenvalue weighted by atomic mass is 10.2. The van der Waals surface area contributed by atoms with E-state index in [1.54, 1.807) is 18.2 Å². The molecular formula is C15H10Cl2NO4P. The van der Waals surface area contributed by atoms with Gasteiger partial charge >= 0.3 is 7.82 Å². The Labute approximate surface area is 142 Å². The number of hydrogen-bond donors (Lipinski definition) is 1. The van der Waals surface area contributed by atoms with E-state index in [9.17, 15) is 9.46 Å². The molecule has 5 nitrogen and oxygen atoms in total. The van der Waals surface area contributed by atoms with Crippen molar-refractivity contribution < 1.29 is 18.5 Å². The van der Waals surface area contributed by atoms with Gasteiger partial charge in [-0.25, -0.2) is 4.57 Å². The van der Waals surface area contributed by atoms with E-state index in [0.717, 1.165) is 0 Å². The highest BCUT2D eigenvalue weighted by Gasteiger charge is 2.26. The maximum Gasteiger partial charge on any atom is 0.584 e. The van der Waals surface area contributed by atoms with Gasteiger partial charge in [0.05, 0.1) is 5.02 Å². The van der Waals surface area contributed by atoms with Gasteiger partial charge in [-0.2, -0.15) is 0 Å². The lowest BCUT2D eigenvalue weighted by molar-refractivity contribution is 0.292. The first-order chi connectivity index (χ1) is 10.9. The molecule has 0 bridgehead atoms. The maximum atomic E-state index is 12.2. The van der Waals surface area contributed by atoms with Gasteiger partial charge in [0.1, 0.15) is 11.3 Å². The molecule has 0 radical (unpaired) electrons. The van der Waals surface area contributed by atoms with Crippen LogP contribution in [0.3, 0.4) is 0 Å². The summed E-state index contributed by atoms with van der Waals surface area (Å²) in [5.41, 5.74) is 0.369. The summed E-state index contributed by atoms with van der Waals surface area (Å²) in [6.45, 7) is 0. The highest BCUT2D eigenvalue weighted by molar-refractivity contribution is 7.48.